The van der Waals surface area contributed by atoms with Crippen LogP contribution in [0.5, 0.6) is 0 Å². The van der Waals surface area contributed by atoms with Gasteiger partial charge < -0.3 is 10.1 Å². The summed E-state index contributed by atoms with van der Waals surface area (Å²) in [6, 6.07) is 5.86. The van der Waals surface area contributed by atoms with E-state index in [1.165, 1.54) is 0 Å². The van der Waals surface area contributed by atoms with Crippen molar-refractivity contribution in [1.29, 1.82) is 0 Å². The van der Waals surface area contributed by atoms with Crippen LogP contribution in [0.2, 0.25) is 0 Å². The summed E-state index contributed by atoms with van der Waals surface area (Å²) < 4.78 is 25.4. The third kappa shape index (κ3) is 2.71. The van der Waals surface area contributed by atoms with Crippen molar-refractivity contribution in [2.45, 2.75) is 25.8 Å². The van der Waals surface area contributed by atoms with Crippen LogP contribution < -0.4 is 5.73 Å². The normalized spacial score (nSPS) is 22.1. The van der Waals surface area contributed by atoms with E-state index in [0.29, 0.717) is 18.1 Å². The van der Waals surface area contributed by atoms with Gasteiger partial charge in [-0.15, -0.1) is 0 Å². The maximum Gasteiger partial charge on any atom is 0.150 e. The molecule has 108 valence electrons. The Bertz CT molecular complexity index is 721. The van der Waals surface area contributed by atoms with Gasteiger partial charge in [-0.25, -0.2) is 13.4 Å². The fourth-order valence-corrected chi connectivity index (χ4v) is 4.73. The molecule has 0 saturated carbocycles. The highest BCUT2D eigenvalue weighted by atomic mass is 32.2. The third-order valence-electron chi connectivity index (χ3n) is 3.89. The molecule has 1 unspecified atom stereocenters. The van der Waals surface area contributed by atoms with E-state index in [1.54, 1.807) is 0 Å². The number of hydrogen-bond acceptors (Lipinski definition) is 4. The van der Waals surface area contributed by atoms with E-state index >= 15 is 0 Å². The van der Waals surface area contributed by atoms with E-state index in [1.807, 2.05) is 28.8 Å². The highest BCUT2D eigenvalue weighted by molar-refractivity contribution is 7.91. The lowest BCUT2D eigenvalue weighted by atomic mass is 10.00. The zero-order chi connectivity index (χ0) is 14.2. The predicted molar refractivity (Wildman–Crippen MR) is 78.2 cm³/mol. The molecule has 0 bridgehead atoms. The van der Waals surface area contributed by atoms with Gasteiger partial charge in [0.2, 0.25) is 0 Å². The van der Waals surface area contributed by atoms with Crippen molar-refractivity contribution in [3.05, 3.63) is 35.8 Å². The average Bonchev–Trinajstić information content (AvgIpc) is 2.79. The standard InChI is InChI=1S/C14H19N3O2S/c15-8-13-4-1-5-14-16-12(9-17(13)14)7-11-3-2-6-20(18,19)10-11/h1,4-5,9,11H,2-3,6-8,10,15H2. The molecule has 3 heterocycles. The van der Waals surface area contributed by atoms with Crippen LogP contribution in [0.1, 0.15) is 24.2 Å². The Balaban J connectivity index is 1.84. The molecule has 1 atom stereocenters. The summed E-state index contributed by atoms with van der Waals surface area (Å²) in [4.78, 5) is 4.58. The molecule has 0 aromatic carbocycles. The van der Waals surface area contributed by atoms with Crippen molar-refractivity contribution in [1.82, 2.24) is 9.38 Å². The largest absolute Gasteiger partial charge is 0.325 e. The Labute approximate surface area is 118 Å². The Hall–Kier alpha value is -1.40. The fraction of sp³-hybridized carbons (Fsp3) is 0.500. The number of pyridine rings is 1. The summed E-state index contributed by atoms with van der Waals surface area (Å²) in [7, 11) is -2.85. The van der Waals surface area contributed by atoms with Gasteiger partial charge in [0.25, 0.3) is 0 Å². The van der Waals surface area contributed by atoms with Gasteiger partial charge >= 0.3 is 0 Å². The number of imidazole rings is 1. The lowest BCUT2D eigenvalue weighted by Crippen LogP contribution is -2.26. The molecular weight excluding hydrogens is 274 g/mol. The molecule has 1 aliphatic rings. The van der Waals surface area contributed by atoms with E-state index in [0.717, 1.165) is 36.3 Å². The van der Waals surface area contributed by atoms with Gasteiger partial charge in [-0.2, -0.15) is 0 Å². The second-order valence-corrected chi connectivity index (χ2v) is 7.74. The lowest BCUT2D eigenvalue weighted by Gasteiger charge is -2.20. The number of nitrogens with two attached hydrogens (primary N) is 1. The molecule has 0 spiro atoms. The first-order valence-electron chi connectivity index (χ1n) is 6.94. The summed E-state index contributed by atoms with van der Waals surface area (Å²) in [5.41, 5.74) is 8.56. The monoisotopic (exact) mass is 293 g/mol. The van der Waals surface area contributed by atoms with E-state index < -0.39 is 9.84 Å². The lowest BCUT2D eigenvalue weighted by molar-refractivity contribution is 0.480. The Morgan fingerprint density at radius 2 is 2.25 bits per heavy atom. The van der Waals surface area contributed by atoms with Crippen molar-refractivity contribution in [2.75, 3.05) is 11.5 Å². The predicted octanol–water partition coefficient (Wildman–Crippen LogP) is 1.16. The van der Waals surface area contributed by atoms with Gasteiger partial charge in [0.15, 0.2) is 9.84 Å². The first-order valence-corrected chi connectivity index (χ1v) is 8.76. The number of hydrogen-bond donors (Lipinski definition) is 1. The number of fused-ring (bicyclic) bond motifs is 1. The first-order chi connectivity index (χ1) is 9.57. The summed E-state index contributed by atoms with van der Waals surface area (Å²) in [5.74, 6) is 0.830. The van der Waals surface area contributed by atoms with Gasteiger partial charge in [0, 0.05) is 18.4 Å². The van der Waals surface area contributed by atoms with Crippen LogP contribution in [0.3, 0.4) is 0 Å². The number of rotatable bonds is 3. The highest BCUT2D eigenvalue weighted by Gasteiger charge is 2.25. The molecular formula is C14H19N3O2S. The van der Waals surface area contributed by atoms with Gasteiger partial charge in [0.1, 0.15) is 5.65 Å². The topological polar surface area (TPSA) is 77.5 Å². The van der Waals surface area contributed by atoms with Crippen molar-refractivity contribution < 1.29 is 8.42 Å². The molecule has 0 radical (unpaired) electrons. The zero-order valence-electron chi connectivity index (χ0n) is 11.3. The van der Waals surface area contributed by atoms with Gasteiger partial charge in [-0.3, -0.25) is 0 Å². The first kappa shape index (κ1) is 13.6. The van der Waals surface area contributed by atoms with Crippen molar-refractivity contribution in [3.63, 3.8) is 0 Å². The van der Waals surface area contributed by atoms with Crippen molar-refractivity contribution in [2.24, 2.45) is 11.7 Å². The van der Waals surface area contributed by atoms with Crippen molar-refractivity contribution >= 4 is 15.5 Å². The smallest absolute Gasteiger partial charge is 0.150 e. The zero-order valence-corrected chi connectivity index (χ0v) is 12.1. The SMILES string of the molecule is NCc1cccc2nc(CC3CCCS(=O)(=O)C3)cn12. The van der Waals surface area contributed by atoms with E-state index in [2.05, 4.69) is 4.98 Å². The van der Waals surface area contributed by atoms with Crippen LogP contribution in [0.4, 0.5) is 0 Å². The summed E-state index contributed by atoms with van der Waals surface area (Å²) in [5, 5.41) is 0. The summed E-state index contributed by atoms with van der Waals surface area (Å²) >= 11 is 0. The number of nitrogens with zero attached hydrogens (tertiary/aromatic N) is 2. The molecule has 2 aromatic heterocycles. The number of aromatic nitrogens is 2. The van der Waals surface area contributed by atoms with E-state index in [9.17, 15) is 8.42 Å². The maximum absolute atomic E-state index is 11.7. The quantitative estimate of drug-likeness (QED) is 0.921. The molecule has 20 heavy (non-hydrogen) atoms. The van der Waals surface area contributed by atoms with Gasteiger partial charge in [-0.05, 0) is 37.3 Å². The van der Waals surface area contributed by atoms with Crippen LogP contribution in [0.15, 0.2) is 24.4 Å². The Kier molecular flexibility index (Phi) is 3.52. The molecule has 1 saturated heterocycles. The fourth-order valence-electron chi connectivity index (χ4n) is 2.96. The van der Waals surface area contributed by atoms with Crippen LogP contribution >= 0.6 is 0 Å². The van der Waals surface area contributed by atoms with Crippen molar-refractivity contribution in [3.8, 4) is 0 Å². The Morgan fingerprint density at radius 1 is 1.40 bits per heavy atom. The molecule has 2 N–H and O–H groups in total. The van der Waals surface area contributed by atoms with Gasteiger partial charge in [0.05, 0.1) is 17.2 Å². The Morgan fingerprint density at radius 3 is 3.00 bits per heavy atom. The third-order valence-corrected chi connectivity index (χ3v) is 5.78. The highest BCUT2D eigenvalue weighted by Crippen LogP contribution is 2.22. The maximum atomic E-state index is 11.7. The van der Waals surface area contributed by atoms with Crippen LogP contribution in [0, 0.1) is 5.92 Å². The van der Waals surface area contributed by atoms with Crippen LogP contribution in [-0.2, 0) is 22.8 Å². The number of sulfone groups is 1. The average molecular weight is 293 g/mol. The summed E-state index contributed by atoms with van der Waals surface area (Å²) in [6.45, 7) is 0.463. The molecule has 1 aliphatic heterocycles. The second kappa shape index (κ2) is 5.18. The van der Waals surface area contributed by atoms with E-state index in [4.69, 9.17) is 5.73 Å². The second-order valence-electron chi connectivity index (χ2n) is 5.51. The van der Waals surface area contributed by atoms with Gasteiger partial charge in [-0.1, -0.05) is 6.07 Å². The minimum absolute atomic E-state index is 0.194. The molecule has 3 rings (SSSR count). The molecule has 6 heteroatoms. The van der Waals surface area contributed by atoms with E-state index in [-0.39, 0.29) is 5.92 Å². The summed E-state index contributed by atoms with van der Waals surface area (Å²) in [6.07, 6.45) is 4.45. The van der Waals surface area contributed by atoms with Crippen LogP contribution in [0.25, 0.3) is 5.65 Å². The van der Waals surface area contributed by atoms with Crippen LogP contribution in [-0.4, -0.2) is 29.3 Å². The molecule has 1 fully saturated rings. The minimum atomic E-state index is -2.85. The molecule has 5 nitrogen and oxygen atoms in total. The molecule has 0 aliphatic carbocycles. The minimum Gasteiger partial charge on any atom is -0.325 e. The molecule has 2 aromatic rings. The molecule has 0 amide bonds.